The van der Waals surface area contributed by atoms with E-state index in [-0.39, 0.29) is 6.29 Å². The molecule has 0 amide bonds. The van der Waals surface area contributed by atoms with Gasteiger partial charge in [-0.1, -0.05) is 19.6 Å². The largest absolute Gasteiger partial charge is 0.461 e. The molecule has 0 aliphatic carbocycles. The topological polar surface area (TPSA) is 31.6 Å². The summed E-state index contributed by atoms with van der Waals surface area (Å²) in [4.78, 5) is 0. The predicted molar refractivity (Wildman–Crippen MR) is 71.8 cm³/mol. The van der Waals surface area contributed by atoms with Gasteiger partial charge in [-0.25, -0.2) is 0 Å². The van der Waals surface area contributed by atoms with Crippen molar-refractivity contribution in [2.24, 2.45) is 0 Å². The lowest BCUT2D eigenvalue weighted by Gasteiger charge is -2.15. The molecular weight excluding hydrogens is 232 g/mol. The third kappa shape index (κ3) is 5.06. The molecule has 0 aliphatic heterocycles. The van der Waals surface area contributed by atoms with Crippen molar-refractivity contribution < 1.29 is 13.9 Å². The number of hydrogen-bond donors (Lipinski definition) is 0. The van der Waals surface area contributed by atoms with E-state index >= 15 is 0 Å². The van der Waals surface area contributed by atoms with Gasteiger partial charge in [-0.2, -0.15) is 0 Å². The molecular formula is C13H24O3Si. The number of furan rings is 1. The van der Waals surface area contributed by atoms with Crippen molar-refractivity contribution in [3.63, 3.8) is 0 Å². The third-order valence-corrected chi connectivity index (χ3v) is 3.66. The molecule has 0 N–H and O–H groups in total. The summed E-state index contributed by atoms with van der Waals surface area (Å²) in [5.41, 5.74) is 0. The van der Waals surface area contributed by atoms with Crippen LogP contribution in [0.5, 0.6) is 0 Å². The molecule has 1 heterocycles. The lowest BCUT2D eigenvalue weighted by molar-refractivity contribution is -0.150. The fourth-order valence-electron chi connectivity index (χ4n) is 1.65. The number of hydrogen-bond acceptors (Lipinski definition) is 3. The number of ether oxygens (including phenoxy) is 2. The molecule has 98 valence electrons. The first-order valence-electron chi connectivity index (χ1n) is 6.28. The average molecular weight is 256 g/mol. The second kappa shape index (κ2) is 6.38. The molecule has 0 atom stereocenters. The van der Waals surface area contributed by atoms with Crippen LogP contribution in [0.1, 0.15) is 31.7 Å². The van der Waals surface area contributed by atoms with E-state index in [0.717, 1.165) is 17.6 Å². The molecule has 0 unspecified atom stereocenters. The molecule has 0 radical (unpaired) electrons. The molecule has 1 aromatic rings. The summed E-state index contributed by atoms with van der Waals surface area (Å²) < 4.78 is 16.8. The normalized spacial score (nSPS) is 12.4. The van der Waals surface area contributed by atoms with Crippen molar-refractivity contribution in [2.45, 2.75) is 45.8 Å². The third-order valence-electron chi connectivity index (χ3n) is 2.26. The highest BCUT2D eigenvalue weighted by Gasteiger charge is 2.20. The Kier molecular flexibility index (Phi) is 5.43. The Morgan fingerprint density at radius 2 is 1.71 bits per heavy atom. The Morgan fingerprint density at radius 1 is 1.12 bits per heavy atom. The van der Waals surface area contributed by atoms with Crippen LogP contribution in [-0.2, 0) is 15.5 Å². The maximum atomic E-state index is 5.81. The standard InChI is InChI=1S/C13H24O3Si/c1-6-14-13(15-7-2)12-9-8-11(16-12)10-17(3,4)5/h8-9,13H,6-7,10H2,1-5H3. The van der Waals surface area contributed by atoms with Gasteiger partial charge in [-0.15, -0.1) is 0 Å². The summed E-state index contributed by atoms with van der Waals surface area (Å²) in [7, 11) is -1.13. The van der Waals surface area contributed by atoms with E-state index in [0.29, 0.717) is 13.2 Å². The van der Waals surface area contributed by atoms with Crippen LogP contribution in [-0.4, -0.2) is 21.3 Å². The fraction of sp³-hybridized carbons (Fsp3) is 0.692. The van der Waals surface area contributed by atoms with Crippen LogP contribution >= 0.6 is 0 Å². The average Bonchev–Trinajstić information content (AvgIpc) is 2.63. The van der Waals surface area contributed by atoms with Crippen LogP contribution < -0.4 is 0 Å². The minimum absolute atomic E-state index is 0.361. The van der Waals surface area contributed by atoms with Crippen molar-refractivity contribution in [1.29, 1.82) is 0 Å². The van der Waals surface area contributed by atoms with Crippen molar-refractivity contribution in [2.75, 3.05) is 13.2 Å². The van der Waals surface area contributed by atoms with E-state index in [9.17, 15) is 0 Å². The van der Waals surface area contributed by atoms with E-state index in [1.807, 2.05) is 26.0 Å². The molecule has 0 spiro atoms. The highest BCUT2D eigenvalue weighted by atomic mass is 28.3. The Hall–Kier alpha value is -0.583. The molecule has 0 fully saturated rings. The first-order valence-corrected chi connectivity index (χ1v) is 9.98. The smallest absolute Gasteiger partial charge is 0.217 e. The summed E-state index contributed by atoms with van der Waals surface area (Å²) >= 11 is 0. The van der Waals surface area contributed by atoms with Crippen LogP contribution in [0, 0.1) is 0 Å². The molecule has 3 nitrogen and oxygen atoms in total. The molecule has 0 aliphatic rings. The minimum atomic E-state index is -1.13. The van der Waals surface area contributed by atoms with Crippen molar-refractivity contribution in [3.8, 4) is 0 Å². The van der Waals surface area contributed by atoms with Gasteiger partial charge in [0.2, 0.25) is 6.29 Å². The summed E-state index contributed by atoms with van der Waals surface area (Å²) in [6, 6.07) is 5.06. The van der Waals surface area contributed by atoms with E-state index in [4.69, 9.17) is 13.9 Å². The molecule has 0 aromatic carbocycles. The second-order valence-electron chi connectivity index (χ2n) is 5.28. The zero-order chi connectivity index (χ0) is 12.9. The Balaban J connectivity index is 2.70. The SMILES string of the molecule is CCOC(OCC)c1ccc(C[Si](C)(C)C)o1. The van der Waals surface area contributed by atoms with E-state index in [2.05, 4.69) is 19.6 Å². The lowest BCUT2D eigenvalue weighted by atomic mass is 10.4. The zero-order valence-electron chi connectivity index (χ0n) is 11.6. The van der Waals surface area contributed by atoms with Gasteiger partial charge in [0.25, 0.3) is 0 Å². The summed E-state index contributed by atoms with van der Waals surface area (Å²) in [6.07, 6.45) is -0.361. The van der Waals surface area contributed by atoms with Gasteiger partial charge in [0, 0.05) is 19.3 Å². The molecule has 0 saturated carbocycles. The van der Waals surface area contributed by atoms with Crippen LogP contribution in [0.2, 0.25) is 19.6 Å². The second-order valence-corrected chi connectivity index (χ2v) is 10.8. The minimum Gasteiger partial charge on any atom is -0.461 e. The quantitative estimate of drug-likeness (QED) is 0.550. The maximum absolute atomic E-state index is 5.81. The fourth-order valence-corrected chi connectivity index (χ4v) is 2.89. The molecule has 0 saturated heterocycles. The molecule has 1 aromatic heterocycles. The van der Waals surface area contributed by atoms with Crippen molar-refractivity contribution >= 4 is 8.07 Å². The van der Waals surface area contributed by atoms with Gasteiger partial charge >= 0.3 is 0 Å². The van der Waals surface area contributed by atoms with Crippen LogP contribution in [0.25, 0.3) is 0 Å². The molecule has 0 bridgehead atoms. The van der Waals surface area contributed by atoms with Gasteiger partial charge in [0.15, 0.2) is 5.76 Å². The zero-order valence-corrected chi connectivity index (χ0v) is 12.6. The Morgan fingerprint density at radius 3 is 2.18 bits per heavy atom. The highest BCUT2D eigenvalue weighted by molar-refractivity contribution is 6.75. The first-order chi connectivity index (χ1) is 7.96. The van der Waals surface area contributed by atoms with Gasteiger partial charge in [0.1, 0.15) is 5.76 Å². The lowest BCUT2D eigenvalue weighted by Crippen LogP contribution is -2.23. The van der Waals surface area contributed by atoms with Gasteiger partial charge in [-0.05, 0) is 26.0 Å². The van der Waals surface area contributed by atoms with E-state index < -0.39 is 8.07 Å². The van der Waals surface area contributed by atoms with Gasteiger partial charge < -0.3 is 13.9 Å². The van der Waals surface area contributed by atoms with Gasteiger partial charge in [0.05, 0.1) is 8.07 Å². The predicted octanol–water partition coefficient (Wildman–Crippen LogP) is 3.77. The molecule has 17 heavy (non-hydrogen) atoms. The van der Waals surface area contributed by atoms with Crippen LogP contribution in [0.4, 0.5) is 0 Å². The van der Waals surface area contributed by atoms with Crippen molar-refractivity contribution in [3.05, 3.63) is 23.7 Å². The van der Waals surface area contributed by atoms with Crippen LogP contribution in [0.15, 0.2) is 16.5 Å². The van der Waals surface area contributed by atoms with E-state index in [1.165, 1.54) is 0 Å². The van der Waals surface area contributed by atoms with Crippen LogP contribution in [0.3, 0.4) is 0 Å². The summed E-state index contributed by atoms with van der Waals surface area (Å²) in [5.74, 6) is 1.82. The highest BCUT2D eigenvalue weighted by Crippen LogP contribution is 2.23. The Labute approximate surface area is 105 Å². The summed E-state index contributed by atoms with van der Waals surface area (Å²) in [5, 5.41) is 0. The Bertz CT molecular complexity index is 322. The molecule has 4 heteroatoms. The maximum Gasteiger partial charge on any atom is 0.217 e. The first kappa shape index (κ1) is 14.5. The summed E-state index contributed by atoms with van der Waals surface area (Å²) in [6.45, 7) is 12.1. The van der Waals surface area contributed by atoms with E-state index in [1.54, 1.807) is 0 Å². The number of rotatable bonds is 7. The van der Waals surface area contributed by atoms with Gasteiger partial charge in [-0.3, -0.25) is 0 Å². The monoisotopic (exact) mass is 256 g/mol. The molecule has 1 rings (SSSR count). The van der Waals surface area contributed by atoms with Crippen molar-refractivity contribution in [1.82, 2.24) is 0 Å².